The third kappa shape index (κ3) is 3.59. The topological polar surface area (TPSA) is 42.7 Å². The Bertz CT molecular complexity index is 640. The average molecular weight is 339 g/mol. The molecule has 9 heteroatoms. The molecule has 0 aliphatic carbocycles. The maximum absolute atomic E-state index is 12.6. The molecule has 114 valence electrons. The molecule has 0 bridgehead atoms. The Labute approximate surface area is 128 Å². The Kier molecular flexibility index (Phi) is 4.63. The van der Waals surface area contributed by atoms with E-state index in [1.54, 1.807) is 0 Å². The first-order valence-corrected chi connectivity index (χ1v) is 6.81. The average Bonchev–Trinajstić information content (AvgIpc) is 2.87. The normalized spacial score (nSPS) is 11.7. The van der Waals surface area contributed by atoms with Gasteiger partial charge in [-0.15, -0.1) is 0 Å². The Morgan fingerprint density at radius 1 is 1.29 bits per heavy atom. The van der Waals surface area contributed by atoms with Crippen molar-refractivity contribution in [1.29, 1.82) is 0 Å². The van der Waals surface area contributed by atoms with Crippen LogP contribution in [-0.2, 0) is 6.18 Å². The second kappa shape index (κ2) is 6.11. The second-order valence-electron chi connectivity index (χ2n) is 4.19. The van der Waals surface area contributed by atoms with Crippen LogP contribution in [0, 0.1) is 0 Å². The summed E-state index contributed by atoms with van der Waals surface area (Å²) in [5, 5.41) is 6.81. The summed E-state index contributed by atoms with van der Waals surface area (Å²) >= 11 is 12.0. The van der Waals surface area contributed by atoms with Crippen LogP contribution in [0.15, 0.2) is 18.3 Å². The van der Waals surface area contributed by atoms with Gasteiger partial charge in [0.25, 0.3) is 0 Å². The van der Waals surface area contributed by atoms with Crippen LogP contribution in [0.5, 0.6) is 0 Å². The van der Waals surface area contributed by atoms with Crippen molar-refractivity contribution in [3.05, 3.63) is 34.1 Å². The number of aromatic nitrogens is 3. The van der Waals surface area contributed by atoms with Crippen molar-refractivity contribution in [3.8, 4) is 5.82 Å². The monoisotopic (exact) mass is 338 g/mol. The molecular formula is C12H11Cl2F3N4. The van der Waals surface area contributed by atoms with Crippen LogP contribution >= 0.6 is 23.2 Å². The number of anilines is 1. The number of hydrogen-bond acceptors (Lipinski definition) is 3. The van der Waals surface area contributed by atoms with Gasteiger partial charge in [-0.1, -0.05) is 30.1 Å². The Hall–Kier alpha value is -1.47. The van der Waals surface area contributed by atoms with E-state index in [1.807, 2.05) is 6.92 Å². The van der Waals surface area contributed by atoms with Gasteiger partial charge in [-0.25, -0.2) is 9.67 Å². The van der Waals surface area contributed by atoms with Crippen LogP contribution in [0.4, 0.5) is 19.0 Å². The zero-order chi connectivity index (χ0) is 15.6. The van der Waals surface area contributed by atoms with Crippen molar-refractivity contribution in [1.82, 2.24) is 14.8 Å². The Morgan fingerprint density at radius 3 is 2.57 bits per heavy atom. The summed E-state index contributed by atoms with van der Waals surface area (Å²) in [5.41, 5.74) is -1.02. The van der Waals surface area contributed by atoms with E-state index in [0.717, 1.165) is 23.4 Å². The Balaban J connectivity index is 2.41. The largest absolute Gasteiger partial charge is 0.435 e. The number of pyridine rings is 1. The van der Waals surface area contributed by atoms with Crippen LogP contribution in [0.3, 0.4) is 0 Å². The van der Waals surface area contributed by atoms with Gasteiger partial charge >= 0.3 is 6.18 Å². The van der Waals surface area contributed by atoms with E-state index >= 15 is 0 Å². The maximum atomic E-state index is 12.6. The Morgan fingerprint density at radius 2 is 2.00 bits per heavy atom. The number of halogens is 5. The van der Waals surface area contributed by atoms with Crippen molar-refractivity contribution < 1.29 is 13.2 Å². The SMILES string of the molecule is CCCNc1nc(-n2ccc(C(F)(F)F)n2)c(Cl)cc1Cl. The molecule has 2 heterocycles. The summed E-state index contributed by atoms with van der Waals surface area (Å²) in [6.45, 7) is 2.58. The van der Waals surface area contributed by atoms with Gasteiger partial charge in [-0.2, -0.15) is 18.3 Å². The molecule has 0 aliphatic rings. The lowest BCUT2D eigenvalue weighted by Crippen LogP contribution is -2.09. The highest BCUT2D eigenvalue weighted by Gasteiger charge is 2.33. The molecule has 0 unspecified atom stereocenters. The van der Waals surface area contributed by atoms with E-state index in [0.29, 0.717) is 17.4 Å². The van der Waals surface area contributed by atoms with Crippen LogP contribution in [-0.4, -0.2) is 21.3 Å². The van der Waals surface area contributed by atoms with Gasteiger partial charge in [0.2, 0.25) is 0 Å². The van der Waals surface area contributed by atoms with Gasteiger partial charge in [0.15, 0.2) is 11.5 Å². The third-order valence-electron chi connectivity index (χ3n) is 2.55. The lowest BCUT2D eigenvalue weighted by Gasteiger charge is -2.10. The number of hydrogen-bond donors (Lipinski definition) is 1. The summed E-state index contributed by atoms with van der Waals surface area (Å²) < 4.78 is 38.7. The molecule has 4 nitrogen and oxygen atoms in total. The summed E-state index contributed by atoms with van der Waals surface area (Å²) in [4.78, 5) is 4.13. The van der Waals surface area contributed by atoms with Gasteiger partial charge in [0, 0.05) is 12.7 Å². The molecule has 21 heavy (non-hydrogen) atoms. The smallest absolute Gasteiger partial charge is 0.369 e. The van der Waals surface area contributed by atoms with E-state index in [1.165, 1.54) is 6.07 Å². The molecule has 0 spiro atoms. The number of nitrogens with one attached hydrogen (secondary N) is 1. The predicted octanol–water partition coefficient (Wildman–Crippen LogP) is 4.41. The number of nitrogens with zero attached hydrogens (tertiary/aromatic N) is 3. The van der Waals surface area contributed by atoms with Crippen LogP contribution in [0.25, 0.3) is 5.82 Å². The lowest BCUT2D eigenvalue weighted by molar-refractivity contribution is -0.141. The van der Waals surface area contributed by atoms with Crippen molar-refractivity contribution in [3.63, 3.8) is 0 Å². The molecule has 2 aromatic heterocycles. The van der Waals surface area contributed by atoms with E-state index in [4.69, 9.17) is 23.2 Å². The molecule has 2 rings (SSSR count). The van der Waals surface area contributed by atoms with Crippen LogP contribution in [0.1, 0.15) is 19.0 Å². The van der Waals surface area contributed by atoms with Crippen LogP contribution in [0.2, 0.25) is 10.0 Å². The molecule has 0 aromatic carbocycles. The molecule has 0 atom stereocenters. The predicted molar refractivity (Wildman–Crippen MR) is 75.2 cm³/mol. The van der Waals surface area contributed by atoms with Crippen molar-refractivity contribution in [2.45, 2.75) is 19.5 Å². The first kappa shape index (κ1) is 15.9. The van der Waals surface area contributed by atoms with Gasteiger partial charge in [-0.3, -0.25) is 0 Å². The first-order valence-electron chi connectivity index (χ1n) is 6.06. The number of alkyl halides is 3. The third-order valence-corrected chi connectivity index (χ3v) is 3.12. The lowest BCUT2D eigenvalue weighted by atomic mass is 10.4. The zero-order valence-electron chi connectivity index (χ0n) is 10.9. The van der Waals surface area contributed by atoms with Crippen LogP contribution < -0.4 is 5.32 Å². The first-order chi connectivity index (χ1) is 9.82. The van der Waals surface area contributed by atoms with E-state index in [9.17, 15) is 13.2 Å². The highest BCUT2D eigenvalue weighted by Crippen LogP contribution is 2.31. The minimum absolute atomic E-state index is 0.0789. The minimum Gasteiger partial charge on any atom is -0.369 e. The van der Waals surface area contributed by atoms with Gasteiger partial charge in [-0.05, 0) is 18.6 Å². The van der Waals surface area contributed by atoms with Crippen molar-refractivity contribution in [2.24, 2.45) is 0 Å². The molecule has 1 N–H and O–H groups in total. The fraction of sp³-hybridized carbons (Fsp3) is 0.333. The highest BCUT2D eigenvalue weighted by molar-refractivity contribution is 6.36. The van der Waals surface area contributed by atoms with E-state index in [-0.39, 0.29) is 10.8 Å². The van der Waals surface area contributed by atoms with E-state index < -0.39 is 11.9 Å². The molecule has 0 amide bonds. The molecule has 0 fully saturated rings. The molecule has 0 saturated heterocycles. The second-order valence-corrected chi connectivity index (χ2v) is 5.01. The number of rotatable bonds is 4. The molecular weight excluding hydrogens is 328 g/mol. The van der Waals surface area contributed by atoms with Gasteiger partial charge in [0.1, 0.15) is 5.82 Å². The zero-order valence-corrected chi connectivity index (χ0v) is 12.4. The summed E-state index contributed by atoms with van der Waals surface area (Å²) in [7, 11) is 0. The quantitative estimate of drug-likeness (QED) is 0.897. The maximum Gasteiger partial charge on any atom is 0.435 e. The standard InChI is InChI=1S/C12H11Cl2F3N4/c1-2-4-18-10-7(13)6-8(14)11(19-10)21-5-3-9(20-21)12(15,16)17/h3,5-6H,2,4H2,1H3,(H,18,19). The summed E-state index contributed by atoms with van der Waals surface area (Å²) in [6, 6.07) is 2.27. The molecule has 0 radical (unpaired) electrons. The van der Waals surface area contributed by atoms with Crippen molar-refractivity contribution >= 4 is 29.0 Å². The van der Waals surface area contributed by atoms with E-state index in [2.05, 4.69) is 15.4 Å². The molecule has 0 saturated carbocycles. The summed E-state index contributed by atoms with van der Waals surface area (Å²) in [5.74, 6) is 0.428. The highest BCUT2D eigenvalue weighted by atomic mass is 35.5. The molecule has 2 aromatic rings. The fourth-order valence-electron chi connectivity index (χ4n) is 1.58. The van der Waals surface area contributed by atoms with Gasteiger partial charge in [0.05, 0.1) is 10.0 Å². The van der Waals surface area contributed by atoms with Gasteiger partial charge < -0.3 is 5.32 Å². The van der Waals surface area contributed by atoms with Crippen molar-refractivity contribution in [2.75, 3.05) is 11.9 Å². The minimum atomic E-state index is -4.52. The summed E-state index contributed by atoms with van der Waals surface area (Å²) in [6.07, 6.45) is -2.53. The molecule has 0 aliphatic heterocycles. The fourth-order valence-corrected chi connectivity index (χ4v) is 2.09.